The Hall–Kier alpha value is -1.20. The quantitative estimate of drug-likeness (QED) is 0.714. The van der Waals surface area contributed by atoms with E-state index >= 15 is 0 Å². The fourth-order valence-corrected chi connectivity index (χ4v) is 5.72. The highest BCUT2D eigenvalue weighted by atomic mass is 32.2. The van der Waals surface area contributed by atoms with Gasteiger partial charge in [0.1, 0.15) is 5.75 Å². The predicted molar refractivity (Wildman–Crippen MR) is 93.8 cm³/mol. The van der Waals surface area contributed by atoms with Gasteiger partial charge >= 0.3 is 0 Å². The lowest BCUT2D eigenvalue weighted by molar-refractivity contribution is 0.0730. The van der Waals surface area contributed by atoms with E-state index in [1.807, 2.05) is 0 Å². The second kappa shape index (κ2) is 8.00. The molecule has 0 amide bonds. The molecule has 1 fully saturated rings. The fraction of sp³-hybridized carbons (Fsp3) is 0.600. The molecule has 1 saturated heterocycles. The van der Waals surface area contributed by atoms with Gasteiger partial charge in [0.25, 0.3) is 0 Å². The molecule has 142 valence electrons. The first-order chi connectivity index (χ1) is 11.7. The van der Waals surface area contributed by atoms with E-state index in [1.54, 1.807) is 26.0 Å². The summed E-state index contributed by atoms with van der Waals surface area (Å²) in [5.74, 6) is 0.282. The molecular weight excluding hydrogens is 368 g/mol. The minimum absolute atomic E-state index is 0.150. The van der Waals surface area contributed by atoms with E-state index in [0.717, 1.165) is 0 Å². The van der Waals surface area contributed by atoms with Crippen molar-refractivity contribution in [3.8, 4) is 5.75 Å². The van der Waals surface area contributed by atoms with Gasteiger partial charge in [-0.05, 0) is 37.1 Å². The number of aryl methyl sites for hydroxylation is 2. The smallest absolute Gasteiger partial charge is 0.241 e. The second-order valence-electron chi connectivity index (χ2n) is 5.82. The maximum absolute atomic E-state index is 12.6. The molecule has 1 aliphatic rings. The van der Waals surface area contributed by atoms with Gasteiger partial charge in [0.15, 0.2) is 0 Å². The van der Waals surface area contributed by atoms with Crippen LogP contribution in [0.2, 0.25) is 0 Å². The lowest BCUT2D eigenvalue weighted by atomic mass is 10.1. The summed E-state index contributed by atoms with van der Waals surface area (Å²) in [5.41, 5.74) is 1.08. The lowest BCUT2D eigenvalue weighted by Crippen LogP contribution is -2.43. The van der Waals surface area contributed by atoms with E-state index in [4.69, 9.17) is 9.47 Å². The third kappa shape index (κ3) is 4.91. The first-order valence-electron chi connectivity index (χ1n) is 7.88. The molecule has 0 aliphatic carbocycles. The molecule has 1 aliphatic heterocycles. The van der Waals surface area contributed by atoms with Crippen LogP contribution < -0.4 is 9.46 Å². The molecule has 0 saturated carbocycles. The third-order valence-electron chi connectivity index (χ3n) is 3.95. The third-order valence-corrected chi connectivity index (χ3v) is 7.59. The van der Waals surface area contributed by atoms with Crippen LogP contribution in [0.25, 0.3) is 0 Å². The number of nitrogens with zero attached hydrogens (tertiary/aromatic N) is 1. The Morgan fingerprint density at radius 3 is 2.20 bits per heavy atom. The molecule has 8 nitrogen and oxygen atoms in total. The van der Waals surface area contributed by atoms with Crippen molar-refractivity contribution in [2.24, 2.45) is 0 Å². The molecule has 0 unspecified atom stereocenters. The zero-order valence-corrected chi connectivity index (χ0v) is 16.2. The molecule has 0 aromatic heterocycles. The highest BCUT2D eigenvalue weighted by Gasteiger charge is 2.26. The number of morpholine rings is 1. The molecule has 1 aromatic carbocycles. The van der Waals surface area contributed by atoms with E-state index in [9.17, 15) is 16.8 Å². The molecule has 2 rings (SSSR count). The van der Waals surface area contributed by atoms with E-state index in [2.05, 4.69) is 4.72 Å². The number of sulfonamides is 2. The van der Waals surface area contributed by atoms with Crippen molar-refractivity contribution in [2.45, 2.75) is 18.7 Å². The van der Waals surface area contributed by atoms with E-state index in [1.165, 1.54) is 11.4 Å². The molecule has 1 aromatic rings. The minimum Gasteiger partial charge on any atom is -0.497 e. The summed E-state index contributed by atoms with van der Waals surface area (Å²) < 4.78 is 63.6. The molecule has 0 spiro atoms. The summed E-state index contributed by atoms with van der Waals surface area (Å²) in [6.45, 7) is 4.47. The zero-order chi connectivity index (χ0) is 18.7. The maximum Gasteiger partial charge on any atom is 0.241 e. The Bertz CT molecular complexity index is 791. The Morgan fingerprint density at radius 2 is 1.68 bits per heavy atom. The number of benzene rings is 1. The van der Waals surface area contributed by atoms with Crippen LogP contribution in [0, 0.1) is 13.8 Å². The number of hydrogen-bond donors (Lipinski definition) is 1. The van der Waals surface area contributed by atoms with Gasteiger partial charge in [0.2, 0.25) is 20.0 Å². The number of nitrogens with one attached hydrogen (secondary N) is 1. The van der Waals surface area contributed by atoms with Crippen LogP contribution in [-0.4, -0.2) is 66.9 Å². The first kappa shape index (κ1) is 20.1. The van der Waals surface area contributed by atoms with Crippen LogP contribution in [0.1, 0.15) is 11.1 Å². The second-order valence-corrected chi connectivity index (χ2v) is 9.61. The molecule has 1 N–H and O–H groups in total. The minimum atomic E-state index is -3.81. The van der Waals surface area contributed by atoms with Gasteiger partial charge in [-0.3, -0.25) is 0 Å². The average Bonchev–Trinajstić information content (AvgIpc) is 2.54. The average molecular weight is 392 g/mol. The van der Waals surface area contributed by atoms with Crippen molar-refractivity contribution < 1.29 is 26.3 Å². The van der Waals surface area contributed by atoms with Gasteiger partial charge in [-0.25, -0.2) is 21.6 Å². The molecule has 0 radical (unpaired) electrons. The van der Waals surface area contributed by atoms with Crippen LogP contribution in [0.4, 0.5) is 0 Å². The van der Waals surface area contributed by atoms with Gasteiger partial charge < -0.3 is 9.47 Å². The van der Waals surface area contributed by atoms with Crippen LogP contribution in [0.3, 0.4) is 0 Å². The van der Waals surface area contributed by atoms with Crippen LogP contribution in [0.5, 0.6) is 5.75 Å². The maximum atomic E-state index is 12.6. The van der Waals surface area contributed by atoms with E-state index in [-0.39, 0.29) is 17.2 Å². The number of methoxy groups -OCH3 is 1. The predicted octanol–water partition coefficient (Wildman–Crippen LogP) is 0.252. The van der Waals surface area contributed by atoms with Crippen molar-refractivity contribution in [3.63, 3.8) is 0 Å². The summed E-state index contributed by atoms with van der Waals surface area (Å²) in [7, 11) is -5.81. The largest absolute Gasteiger partial charge is 0.497 e. The normalized spacial score (nSPS) is 16.8. The molecule has 25 heavy (non-hydrogen) atoms. The topological polar surface area (TPSA) is 102 Å². The first-order valence-corrected chi connectivity index (χ1v) is 11.0. The Balaban J connectivity index is 2.07. The van der Waals surface area contributed by atoms with E-state index in [0.29, 0.717) is 43.2 Å². The van der Waals surface area contributed by atoms with Gasteiger partial charge in [-0.1, -0.05) is 0 Å². The number of hydrogen-bond acceptors (Lipinski definition) is 6. The Labute approximate surface area is 149 Å². The number of rotatable bonds is 7. The molecular formula is C15H24N2O6S2. The van der Waals surface area contributed by atoms with Gasteiger partial charge in [-0.2, -0.15) is 4.31 Å². The van der Waals surface area contributed by atoms with Crippen molar-refractivity contribution in [3.05, 3.63) is 23.3 Å². The fourth-order valence-electron chi connectivity index (χ4n) is 2.78. The van der Waals surface area contributed by atoms with Gasteiger partial charge in [0.05, 0.1) is 31.0 Å². The highest BCUT2D eigenvalue weighted by molar-refractivity contribution is 7.90. The zero-order valence-electron chi connectivity index (χ0n) is 14.6. The Morgan fingerprint density at radius 1 is 1.12 bits per heavy atom. The summed E-state index contributed by atoms with van der Waals surface area (Å²) >= 11 is 0. The highest BCUT2D eigenvalue weighted by Crippen LogP contribution is 2.25. The van der Waals surface area contributed by atoms with Crippen LogP contribution >= 0.6 is 0 Å². The summed E-state index contributed by atoms with van der Waals surface area (Å²) in [5, 5.41) is 0. The monoisotopic (exact) mass is 392 g/mol. The van der Waals surface area contributed by atoms with Crippen molar-refractivity contribution in [2.75, 3.05) is 45.7 Å². The van der Waals surface area contributed by atoms with E-state index < -0.39 is 20.0 Å². The number of ether oxygens (including phenoxy) is 2. The van der Waals surface area contributed by atoms with Crippen molar-refractivity contribution in [1.29, 1.82) is 0 Å². The summed E-state index contributed by atoms with van der Waals surface area (Å²) in [6, 6.07) is 3.26. The standard InChI is InChI=1S/C15H24N2O6S2/c1-12-10-14(22-3)11-13(2)15(12)25(20,21)16-4-9-24(18,19)17-5-7-23-8-6-17/h10-11,16H,4-9H2,1-3H3. The Kier molecular flexibility index (Phi) is 6.44. The SMILES string of the molecule is COc1cc(C)c(S(=O)(=O)NCCS(=O)(=O)N2CCOCC2)c(C)c1. The molecule has 1 heterocycles. The molecule has 10 heteroatoms. The van der Waals surface area contributed by atoms with Crippen LogP contribution in [-0.2, 0) is 24.8 Å². The van der Waals surface area contributed by atoms with Gasteiger partial charge in [0, 0.05) is 19.6 Å². The summed E-state index contributed by atoms with van der Waals surface area (Å²) in [4.78, 5) is 0.150. The van der Waals surface area contributed by atoms with Crippen molar-refractivity contribution in [1.82, 2.24) is 9.03 Å². The summed E-state index contributed by atoms with van der Waals surface area (Å²) in [6.07, 6.45) is 0. The lowest BCUT2D eigenvalue weighted by Gasteiger charge is -2.26. The molecule has 0 bridgehead atoms. The van der Waals surface area contributed by atoms with Crippen LogP contribution in [0.15, 0.2) is 17.0 Å². The molecule has 0 atom stereocenters. The van der Waals surface area contributed by atoms with Crippen molar-refractivity contribution >= 4 is 20.0 Å². The van der Waals surface area contributed by atoms with Gasteiger partial charge in [-0.15, -0.1) is 0 Å².